The zero-order valence-corrected chi connectivity index (χ0v) is 20.6. The van der Waals surface area contributed by atoms with Crippen LogP contribution in [-0.2, 0) is 19.1 Å². The van der Waals surface area contributed by atoms with Gasteiger partial charge in [0.05, 0.1) is 27.6 Å². The number of hydrogen-bond donors (Lipinski definition) is 0. The van der Waals surface area contributed by atoms with Crippen LogP contribution in [0.2, 0.25) is 0 Å². The summed E-state index contributed by atoms with van der Waals surface area (Å²) < 4.78 is 17.1. The molecule has 1 aromatic carbocycles. The molecule has 0 heterocycles. The van der Waals surface area contributed by atoms with Crippen LogP contribution in [0.5, 0.6) is 5.75 Å². The molecule has 0 aliphatic rings. The fourth-order valence-corrected chi connectivity index (χ4v) is 3.48. The van der Waals surface area contributed by atoms with Crippen molar-refractivity contribution in [3.05, 3.63) is 30.3 Å². The highest BCUT2D eigenvalue weighted by atomic mass is 16.6. The summed E-state index contributed by atoms with van der Waals surface area (Å²) in [6.45, 7) is 3.22. The molecule has 6 heteroatoms. The molecule has 0 spiro atoms. The van der Waals surface area contributed by atoms with Crippen LogP contribution in [0.1, 0.15) is 71.1 Å². The average Bonchev–Trinajstić information content (AvgIpc) is 2.72. The minimum Gasteiger partial charge on any atom is -0.490 e. The van der Waals surface area contributed by atoms with E-state index in [0.29, 0.717) is 17.4 Å². The highest BCUT2D eigenvalue weighted by Gasteiger charge is 2.25. The van der Waals surface area contributed by atoms with Crippen molar-refractivity contribution in [2.24, 2.45) is 0 Å². The van der Waals surface area contributed by atoms with Gasteiger partial charge in [0, 0.05) is 6.42 Å². The molecule has 0 aliphatic carbocycles. The number of quaternary nitrogens is 1. The third kappa shape index (κ3) is 15.7. The van der Waals surface area contributed by atoms with E-state index < -0.39 is 6.10 Å². The van der Waals surface area contributed by atoms with Crippen molar-refractivity contribution in [2.45, 2.75) is 77.2 Å². The van der Waals surface area contributed by atoms with E-state index in [1.165, 1.54) is 32.1 Å². The van der Waals surface area contributed by atoms with Crippen molar-refractivity contribution < 1.29 is 28.3 Å². The first-order valence-corrected chi connectivity index (χ1v) is 12.1. The molecule has 0 radical (unpaired) electrons. The van der Waals surface area contributed by atoms with Gasteiger partial charge in [-0.05, 0) is 18.6 Å². The molecule has 0 aliphatic heterocycles. The zero-order chi connectivity index (χ0) is 23.7. The van der Waals surface area contributed by atoms with Gasteiger partial charge in [-0.25, -0.2) is 0 Å². The minimum atomic E-state index is -0.487. The average molecular weight is 451 g/mol. The maximum Gasteiger partial charge on any atom is 0.309 e. The van der Waals surface area contributed by atoms with Gasteiger partial charge < -0.3 is 18.7 Å². The molecule has 182 valence electrons. The predicted octanol–water partition coefficient (Wildman–Crippen LogP) is 5.15. The Morgan fingerprint density at radius 1 is 0.844 bits per heavy atom. The Bertz CT molecular complexity index is 627. The first-order chi connectivity index (χ1) is 15.3. The molecule has 0 amide bonds. The Morgan fingerprint density at radius 3 is 2.09 bits per heavy atom. The predicted molar refractivity (Wildman–Crippen MR) is 128 cm³/mol. The van der Waals surface area contributed by atoms with E-state index in [4.69, 9.17) is 14.2 Å². The summed E-state index contributed by atoms with van der Waals surface area (Å²) >= 11 is 0. The van der Waals surface area contributed by atoms with E-state index in [0.717, 1.165) is 25.0 Å². The molecule has 0 bridgehead atoms. The molecule has 0 N–H and O–H groups in total. The molecule has 6 nitrogen and oxygen atoms in total. The summed E-state index contributed by atoms with van der Waals surface area (Å²) in [7, 11) is 6.04. The molecule has 1 aromatic rings. The lowest BCUT2D eigenvalue weighted by Crippen LogP contribution is -2.44. The topological polar surface area (TPSA) is 61.8 Å². The van der Waals surface area contributed by atoms with Crippen LogP contribution < -0.4 is 4.74 Å². The fraction of sp³-hybridized carbons (Fsp3) is 0.692. The van der Waals surface area contributed by atoms with E-state index in [1.807, 2.05) is 51.5 Å². The van der Waals surface area contributed by atoms with Crippen LogP contribution in [0.25, 0.3) is 0 Å². The van der Waals surface area contributed by atoms with E-state index in [1.54, 1.807) is 0 Å². The molecule has 1 rings (SSSR count). The highest BCUT2D eigenvalue weighted by molar-refractivity contribution is 5.72. The van der Waals surface area contributed by atoms with Gasteiger partial charge in [0.15, 0.2) is 6.10 Å². The maximum atomic E-state index is 12.3. The Hall–Kier alpha value is -2.08. The lowest BCUT2D eigenvalue weighted by atomic mass is 10.1. The minimum absolute atomic E-state index is 0.0595. The standard InChI is InChI=1S/C26H44NO5/c1-5-6-7-8-9-10-11-15-18-25(28)32-24(22-27(2,3)4)21-26(29)31-20-19-30-23-16-13-12-14-17-23/h12-14,16-17,24H,5-11,15,18-22H2,1-4H3/q+1/t24-/m1/s1. The lowest BCUT2D eigenvalue weighted by molar-refractivity contribution is -0.873. The highest BCUT2D eigenvalue weighted by Crippen LogP contribution is 2.13. The second-order valence-corrected chi connectivity index (χ2v) is 9.40. The van der Waals surface area contributed by atoms with Crippen molar-refractivity contribution in [1.29, 1.82) is 0 Å². The van der Waals surface area contributed by atoms with Gasteiger partial charge in [0.25, 0.3) is 0 Å². The van der Waals surface area contributed by atoms with Crippen LogP contribution >= 0.6 is 0 Å². The van der Waals surface area contributed by atoms with Crippen LogP contribution in [0.4, 0.5) is 0 Å². The van der Waals surface area contributed by atoms with E-state index in [9.17, 15) is 9.59 Å². The number of nitrogens with zero attached hydrogens (tertiary/aromatic N) is 1. The van der Waals surface area contributed by atoms with Gasteiger partial charge in [0.1, 0.15) is 25.5 Å². The number of hydrogen-bond acceptors (Lipinski definition) is 5. The van der Waals surface area contributed by atoms with Crippen LogP contribution in [0.3, 0.4) is 0 Å². The molecule has 0 saturated heterocycles. The second-order valence-electron chi connectivity index (χ2n) is 9.40. The summed E-state index contributed by atoms with van der Waals surface area (Å²) in [4.78, 5) is 24.6. The Kier molecular flexibility index (Phi) is 14.4. The smallest absolute Gasteiger partial charge is 0.309 e. The van der Waals surface area contributed by atoms with Crippen LogP contribution in [0.15, 0.2) is 30.3 Å². The van der Waals surface area contributed by atoms with E-state index in [2.05, 4.69) is 6.92 Å². The Balaban J connectivity index is 2.28. The zero-order valence-electron chi connectivity index (χ0n) is 20.6. The third-order valence-electron chi connectivity index (χ3n) is 5.04. The molecular formula is C26H44NO5+. The van der Waals surface area contributed by atoms with Crippen LogP contribution in [0, 0.1) is 0 Å². The first kappa shape index (κ1) is 28.0. The van der Waals surface area contributed by atoms with Gasteiger partial charge in [-0.2, -0.15) is 0 Å². The number of esters is 2. The number of benzene rings is 1. The quantitative estimate of drug-likeness (QED) is 0.176. The van der Waals surface area contributed by atoms with Crippen LogP contribution in [-0.4, -0.2) is 63.4 Å². The SMILES string of the molecule is CCCCCCCCCCC(=O)O[C@H](CC(=O)OCCOc1ccccc1)C[N+](C)(C)C. The fourth-order valence-electron chi connectivity index (χ4n) is 3.48. The van der Waals surface area contributed by atoms with Gasteiger partial charge in [0.2, 0.25) is 0 Å². The van der Waals surface area contributed by atoms with E-state index in [-0.39, 0.29) is 31.6 Å². The Morgan fingerprint density at radius 2 is 1.47 bits per heavy atom. The number of likely N-dealkylation sites (N-methyl/N-ethyl adjacent to an activating group) is 1. The molecule has 0 fully saturated rings. The first-order valence-electron chi connectivity index (χ1n) is 12.1. The summed E-state index contributed by atoms with van der Waals surface area (Å²) in [5.74, 6) is 0.135. The lowest BCUT2D eigenvalue weighted by Gasteiger charge is -2.28. The third-order valence-corrected chi connectivity index (χ3v) is 5.04. The van der Waals surface area contributed by atoms with Crippen molar-refractivity contribution >= 4 is 11.9 Å². The molecule has 0 unspecified atom stereocenters. The van der Waals surface area contributed by atoms with Gasteiger partial charge >= 0.3 is 11.9 Å². The van der Waals surface area contributed by atoms with Crippen molar-refractivity contribution in [3.63, 3.8) is 0 Å². The second kappa shape index (κ2) is 16.5. The maximum absolute atomic E-state index is 12.3. The molecule has 1 atom stereocenters. The molecule has 32 heavy (non-hydrogen) atoms. The van der Waals surface area contributed by atoms with Crippen molar-refractivity contribution in [3.8, 4) is 5.75 Å². The van der Waals surface area contributed by atoms with E-state index >= 15 is 0 Å². The summed E-state index contributed by atoms with van der Waals surface area (Å²) in [6, 6.07) is 9.39. The largest absolute Gasteiger partial charge is 0.490 e. The summed E-state index contributed by atoms with van der Waals surface area (Å²) in [5, 5.41) is 0. The number of unbranched alkanes of at least 4 members (excludes halogenated alkanes) is 7. The van der Waals surface area contributed by atoms with Gasteiger partial charge in [-0.15, -0.1) is 0 Å². The normalized spacial score (nSPS) is 12.2. The number of para-hydroxylation sites is 1. The number of carbonyl (C=O) groups excluding carboxylic acids is 2. The summed E-state index contributed by atoms with van der Waals surface area (Å²) in [6.07, 6.45) is 9.41. The number of rotatable bonds is 18. The molecular weight excluding hydrogens is 406 g/mol. The molecule has 0 aromatic heterocycles. The summed E-state index contributed by atoms with van der Waals surface area (Å²) in [5.41, 5.74) is 0. The van der Waals surface area contributed by atoms with Crippen molar-refractivity contribution in [1.82, 2.24) is 0 Å². The van der Waals surface area contributed by atoms with Gasteiger partial charge in [-0.1, -0.05) is 70.1 Å². The van der Waals surface area contributed by atoms with Crippen molar-refractivity contribution in [2.75, 3.05) is 40.9 Å². The number of ether oxygens (including phenoxy) is 3. The molecule has 0 saturated carbocycles. The Labute approximate surface area is 194 Å². The van der Waals surface area contributed by atoms with Gasteiger partial charge in [-0.3, -0.25) is 9.59 Å². The number of carbonyl (C=O) groups is 2. The monoisotopic (exact) mass is 450 g/mol.